The largest absolute Gasteiger partial charge is 0.483 e. The number of amides is 2. The van der Waals surface area contributed by atoms with Gasteiger partial charge in [0, 0.05) is 24.0 Å². The lowest BCUT2D eigenvalue weighted by Gasteiger charge is -2.32. The summed E-state index contributed by atoms with van der Waals surface area (Å²) in [6, 6.07) is 24.0. The molecule has 0 unspecified atom stereocenters. The van der Waals surface area contributed by atoms with E-state index in [1.807, 2.05) is 86.6 Å². The summed E-state index contributed by atoms with van der Waals surface area (Å²) >= 11 is 6.23. The smallest absolute Gasteiger partial charge is 0.261 e. The van der Waals surface area contributed by atoms with Crippen molar-refractivity contribution in [3.8, 4) is 5.75 Å². The molecule has 0 aliphatic rings. The standard InChI is InChI=1S/C30H35ClN2O3/c1-21(2)26-15-8-9-16-28(26)36-20-29(34)33(19-24-13-10-14-25(31)17-24)27(30(35)32-22(3)4)18-23-11-6-5-7-12-23/h5-17,21-22,27H,18-20H2,1-4H3,(H,32,35)/t27-/m1/s1. The van der Waals surface area contributed by atoms with Crippen LogP contribution in [0.25, 0.3) is 0 Å². The lowest BCUT2D eigenvalue weighted by molar-refractivity contribution is -0.143. The predicted molar refractivity (Wildman–Crippen MR) is 145 cm³/mol. The molecule has 0 bridgehead atoms. The molecule has 36 heavy (non-hydrogen) atoms. The van der Waals surface area contributed by atoms with Gasteiger partial charge in [0.05, 0.1) is 0 Å². The molecule has 190 valence electrons. The van der Waals surface area contributed by atoms with E-state index in [4.69, 9.17) is 16.3 Å². The number of carbonyl (C=O) groups excluding carboxylic acids is 2. The Morgan fingerprint density at radius 2 is 1.56 bits per heavy atom. The summed E-state index contributed by atoms with van der Waals surface area (Å²) in [5.74, 6) is 0.455. The van der Waals surface area contributed by atoms with Crippen LogP contribution in [-0.4, -0.2) is 35.4 Å². The number of hydrogen-bond donors (Lipinski definition) is 1. The Labute approximate surface area is 219 Å². The maximum Gasteiger partial charge on any atom is 0.261 e. The fraction of sp³-hybridized carbons (Fsp3) is 0.333. The second-order valence-corrected chi connectivity index (χ2v) is 9.94. The molecule has 0 fully saturated rings. The third-order valence-corrected chi connectivity index (χ3v) is 6.07. The minimum atomic E-state index is -0.717. The van der Waals surface area contributed by atoms with Gasteiger partial charge in [0.25, 0.3) is 5.91 Å². The quantitative estimate of drug-likeness (QED) is 0.346. The highest BCUT2D eigenvalue weighted by Gasteiger charge is 2.31. The topological polar surface area (TPSA) is 58.6 Å². The number of nitrogens with one attached hydrogen (secondary N) is 1. The first-order chi connectivity index (χ1) is 17.2. The number of nitrogens with zero attached hydrogens (tertiary/aromatic N) is 1. The summed E-state index contributed by atoms with van der Waals surface area (Å²) < 4.78 is 6.01. The van der Waals surface area contributed by atoms with Gasteiger partial charge < -0.3 is 15.0 Å². The third kappa shape index (κ3) is 7.85. The highest BCUT2D eigenvalue weighted by Crippen LogP contribution is 2.26. The van der Waals surface area contributed by atoms with E-state index in [0.29, 0.717) is 17.2 Å². The summed E-state index contributed by atoms with van der Waals surface area (Å²) in [4.78, 5) is 28.7. The van der Waals surface area contributed by atoms with Crippen molar-refractivity contribution < 1.29 is 14.3 Å². The maximum atomic E-state index is 13.7. The predicted octanol–water partition coefficient (Wildman–Crippen LogP) is 6.01. The van der Waals surface area contributed by atoms with Crippen LogP contribution < -0.4 is 10.1 Å². The zero-order valence-electron chi connectivity index (χ0n) is 21.4. The van der Waals surface area contributed by atoms with Crippen LogP contribution in [0.3, 0.4) is 0 Å². The van der Waals surface area contributed by atoms with Crippen LogP contribution in [0.15, 0.2) is 78.9 Å². The Kier molecular flexibility index (Phi) is 9.95. The van der Waals surface area contributed by atoms with E-state index in [0.717, 1.165) is 16.7 Å². The molecule has 1 N–H and O–H groups in total. The molecule has 0 heterocycles. The number of halogens is 1. The van der Waals surface area contributed by atoms with E-state index in [9.17, 15) is 9.59 Å². The second-order valence-electron chi connectivity index (χ2n) is 9.50. The van der Waals surface area contributed by atoms with Crippen molar-refractivity contribution in [2.24, 2.45) is 0 Å². The first-order valence-corrected chi connectivity index (χ1v) is 12.7. The number of rotatable bonds is 11. The van der Waals surface area contributed by atoms with Gasteiger partial charge >= 0.3 is 0 Å². The van der Waals surface area contributed by atoms with Crippen LogP contribution in [0.2, 0.25) is 5.02 Å². The van der Waals surface area contributed by atoms with Crippen LogP contribution in [0.1, 0.15) is 50.3 Å². The van der Waals surface area contributed by atoms with Crippen molar-refractivity contribution in [3.05, 3.63) is 101 Å². The van der Waals surface area contributed by atoms with Gasteiger partial charge in [-0.3, -0.25) is 9.59 Å². The summed E-state index contributed by atoms with van der Waals surface area (Å²) in [5.41, 5.74) is 2.84. The van der Waals surface area contributed by atoms with Crippen LogP contribution in [0.4, 0.5) is 0 Å². The monoisotopic (exact) mass is 506 g/mol. The lowest BCUT2D eigenvalue weighted by atomic mass is 10.0. The SMILES string of the molecule is CC(C)NC(=O)[C@@H](Cc1ccccc1)N(Cc1cccc(Cl)c1)C(=O)COc1ccccc1C(C)C. The zero-order valence-corrected chi connectivity index (χ0v) is 22.2. The van der Waals surface area contributed by atoms with Crippen molar-refractivity contribution in [1.29, 1.82) is 0 Å². The van der Waals surface area contributed by atoms with Crippen molar-refractivity contribution in [2.45, 2.75) is 58.7 Å². The molecule has 0 spiro atoms. The minimum absolute atomic E-state index is 0.0620. The van der Waals surface area contributed by atoms with Crippen LogP contribution >= 0.6 is 11.6 Å². The molecule has 1 atom stereocenters. The van der Waals surface area contributed by atoms with E-state index in [1.165, 1.54) is 0 Å². The number of carbonyl (C=O) groups is 2. The highest BCUT2D eigenvalue weighted by molar-refractivity contribution is 6.30. The number of para-hydroxylation sites is 1. The van der Waals surface area contributed by atoms with E-state index in [1.54, 1.807) is 11.0 Å². The molecular weight excluding hydrogens is 472 g/mol. The van der Waals surface area contributed by atoms with Crippen LogP contribution in [0, 0.1) is 0 Å². The highest BCUT2D eigenvalue weighted by atomic mass is 35.5. The molecule has 0 saturated carbocycles. The molecule has 3 aromatic rings. The van der Waals surface area contributed by atoms with Crippen molar-refractivity contribution in [1.82, 2.24) is 10.2 Å². The maximum absolute atomic E-state index is 13.7. The Bertz CT molecular complexity index is 1150. The summed E-state index contributed by atoms with van der Waals surface area (Å²) in [6.45, 7) is 8.05. The average Bonchev–Trinajstić information content (AvgIpc) is 2.85. The molecule has 5 nitrogen and oxygen atoms in total. The molecule has 0 aromatic heterocycles. The fourth-order valence-corrected chi connectivity index (χ4v) is 4.29. The Hall–Kier alpha value is -3.31. The summed E-state index contributed by atoms with van der Waals surface area (Å²) in [5, 5.41) is 3.57. The van der Waals surface area contributed by atoms with Gasteiger partial charge in [-0.1, -0.05) is 86.1 Å². The Balaban J connectivity index is 1.93. The number of ether oxygens (including phenoxy) is 1. The van der Waals surface area contributed by atoms with Gasteiger partial charge in [0.1, 0.15) is 11.8 Å². The molecule has 0 radical (unpaired) electrons. The average molecular weight is 507 g/mol. The first kappa shape index (κ1) is 27.3. The van der Waals surface area contributed by atoms with Gasteiger partial charge in [-0.25, -0.2) is 0 Å². The molecule has 2 amide bonds. The normalized spacial score (nSPS) is 11.9. The molecule has 3 rings (SSSR count). The lowest BCUT2D eigenvalue weighted by Crippen LogP contribution is -2.52. The molecular formula is C30H35ClN2O3. The van der Waals surface area contributed by atoms with E-state index < -0.39 is 6.04 Å². The second kappa shape index (κ2) is 13.1. The number of benzene rings is 3. The minimum Gasteiger partial charge on any atom is -0.483 e. The van der Waals surface area contributed by atoms with Crippen LogP contribution in [-0.2, 0) is 22.6 Å². The third-order valence-electron chi connectivity index (χ3n) is 5.84. The van der Waals surface area contributed by atoms with Gasteiger partial charge in [-0.05, 0) is 54.7 Å². The van der Waals surface area contributed by atoms with Gasteiger partial charge in [-0.2, -0.15) is 0 Å². The zero-order chi connectivity index (χ0) is 26.1. The molecule has 6 heteroatoms. The number of hydrogen-bond acceptors (Lipinski definition) is 3. The molecule has 0 aliphatic carbocycles. The van der Waals surface area contributed by atoms with E-state index in [2.05, 4.69) is 19.2 Å². The van der Waals surface area contributed by atoms with Crippen LogP contribution in [0.5, 0.6) is 5.75 Å². The summed E-state index contributed by atoms with van der Waals surface area (Å²) in [6.07, 6.45) is 0.383. The Morgan fingerprint density at radius 1 is 0.889 bits per heavy atom. The molecule has 0 aliphatic heterocycles. The first-order valence-electron chi connectivity index (χ1n) is 12.3. The summed E-state index contributed by atoms with van der Waals surface area (Å²) in [7, 11) is 0. The fourth-order valence-electron chi connectivity index (χ4n) is 4.08. The van der Waals surface area contributed by atoms with Crippen molar-refractivity contribution in [2.75, 3.05) is 6.61 Å². The van der Waals surface area contributed by atoms with Gasteiger partial charge in [0.2, 0.25) is 5.91 Å². The van der Waals surface area contributed by atoms with Crippen molar-refractivity contribution >= 4 is 23.4 Å². The van der Waals surface area contributed by atoms with Crippen molar-refractivity contribution in [3.63, 3.8) is 0 Å². The van der Waals surface area contributed by atoms with E-state index in [-0.39, 0.29) is 36.9 Å². The Morgan fingerprint density at radius 3 is 2.22 bits per heavy atom. The van der Waals surface area contributed by atoms with Gasteiger partial charge in [-0.15, -0.1) is 0 Å². The van der Waals surface area contributed by atoms with E-state index >= 15 is 0 Å². The van der Waals surface area contributed by atoms with Gasteiger partial charge in [0.15, 0.2) is 6.61 Å². The molecule has 0 saturated heterocycles. The molecule has 3 aromatic carbocycles.